The van der Waals surface area contributed by atoms with Crippen molar-refractivity contribution in [2.75, 3.05) is 17.8 Å². The van der Waals surface area contributed by atoms with Crippen LogP contribution in [0.3, 0.4) is 0 Å². The SMILES string of the molecule is CC(C)n1cc(NC(=O)c2cc3c(cc2N)OCO3)cn1. The van der Waals surface area contributed by atoms with Gasteiger partial charge in [0.25, 0.3) is 5.91 Å². The third kappa shape index (κ3) is 2.49. The van der Waals surface area contributed by atoms with E-state index in [1.165, 1.54) is 0 Å². The van der Waals surface area contributed by atoms with E-state index in [-0.39, 0.29) is 18.7 Å². The van der Waals surface area contributed by atoms with Crippen molar-refractivity contribution >= 4 is 17.3 Å². The summed E-state index contributed by atoms with van der Waals surface area (Å²) in [7, 11) is 0. The molecule has 2 heterocycles. The number of aromatic nitrogens is 2. The number of nitrogen functional groups attached to an aromatic ring is 1. The zero-order chi connectivity index (χ0) is 15.0. The number of hydrogen-bond donors (Lipinski definition) is 2. The number of fused-ring (bicyclic) bond motifs is 1. The summed E-state index contributed by atoms with van der Waals surface area (Å²) in [6.45, 7) is 4.16. The summed E-state index contributed by atoms with van der Waals surface area (Å²) in [5.41, 5.74) is 7.19. The highest BCUT2D eigenvalue weighted by molar-refractivity contribution is 6.08. The van der Waals surface area contributed by atoms with Crippen molar-refractivity contribution in [2.24, 2.45) is 0 Å². The van der Waals surface area contributed by atoms with Gasteiger partial charge >= 0.3 is 0 Å². The van der Waals surface area contributed by atoms with Crippen LogP contribution in [0, 0.1) is 0 Å². The molecule has 3 N–H and O–H groups in total. The van der Waals surface area contributed by atoms with Gasteiger partial charge in [-0.1, -0.05) is 0 Å². The maximum absolute atomic E-state index is 12.3. The van der Waals surface area contributed by atoms with Gasteiger partial charge < -0.3 is 20.5 Å². The van der Waals surface area contributed by atoms with Crippen LogP contribution in [0.1, 0.15) is 30.2 Å². The van der Waals surface area contributed by atoms with Crippen molar-refractivity contribution in [3.05, 3.63) is 30.1 Å². The first-order valence-corrected chi connectivity index (χ1v) is 6.59. The smallest absolute Gasteiger partial charge is 0.257 e. The minimum Gasteiger partial charge on any atom is -0.454 e. The summed E-state index contributed by atoms with van der Waals surface area (Å²) >= 11 is 0. The molecule has 0 fully saturated rings. The molecule has 0 radical (unpaired) electrons. The third-order valence-corrected chi connectivity index (χ3v) is 3.18. The van der Waals surface area contributed by atoms with Crippen LogP contribution in [0.5, 0.6) is 11.5 Å². The lowest BCUT2D eigenvalue weighted by atomic mass is 10.1. The van der Waals surface area contributed by atoms with Gasteiger partial charge in [-0.25, -0.2) is 0 Å². The van der Waals surface area contributed by atoms with Gasteiger partial charge in [0.15, 0.2) is 11.5 Å². The predicted molar refractivity (Wildman–Crippen MR) is 77.5 cm³/mol. The van der Waals surface area contributed by atoms with E-state index in [4.69, 9.17) is 15.2 Å². The fraction of sp³-hybridized carbons (Fsp3) is 0.286. The largest absolute Gasteiger partial charge is 0.454 e. The van der Waals surface area contributed by atoms with E-state index in [2.05, 4.69) is 10.4 Å². The summed E-state index contributed by atoms with van der Waals surface area (Å²) in [6.07, 6.45) is 3.37. The molecule has 21 heavy (non-hydrogen) atoms. The zero-order valence-electron chi connectivity index (χ0n) is 11.8. The number of carbonyl (C=O) groups is 1. The second kappa shape index (κ2) is 5.01. The van der Waals surface area contributed by atoms with Crippen LogP contribution in [0.2, 0.25) is 0 Å². The lowest BCUT2D eigenvalue weighted by Gasteiger charge is -2.07. The molecule has 2 aromatic rings. The predicted octanol–water partition coefficient (Wildman–Crippen LogP) is 2.03. The van der Waals surface area contributed by atoms with Gasteiger partial charge in [0.2, 0.25) is 6.79 Å². The summed E-state index contributed by atoms with van der Waals surface area (Å²) in [4.78, 5) is 12.3. The van der Waals surface area contributed by atoms with Crippen LogP contribution < -0.4 is 20.5 Å². The monoisotopic (exact) mass is 288 g/mol. The van der Waals surface area contributed by atoms with E-state index in [1.807, 2.05) is 13.8 Å². The van der Waals surface area contributed by atoms with Crippen molar-refractivity contribution in [3.63, 3.8) is 0 Å². The Morgan fingerprint density at radius 1 is 1.38 bits per heavy atom. The van der Waals surface area contributed by atoms with E-state index in [0.29, 0.717) is 28.4 Å². The standard InChI is InChI=1S/C14H16N4O3/c1-8(2)18-6-9(5-16-18)17-14(19)10-3-12-13(4-11(10)15)21-7-20-12/h3-6,8H,7,15H2,1-2H3,(H,17,19). The zero-order valence-corrected chi connectivity index (χ0v) is 11.8. The van der Waals surface area contributed by atoms with Crippen LogP contribution >= 0.6 is 0 Å². The quantitative estimate of drug-likeness (QED) is 0.843. The van der Waals surface area contributed by atoms with E-state index < -0.39 is 0 Å². The van der Waals surface area contributed by atoms with Gasteiger partial charge in [-0.3, -0.25) is 9.48 Å². The van der Waals surface area contributed by atoms with Crippen LogP contribution in [0.4, 0.5) is 11.4 Å². The number of nitrogens with two attached hydrogens (primary N) is 1. The normalized spacial score (nSPS) is 12.7. The first kappa shape index (κ1) is 13.3. The lowest BCUT2D eigenvalue weighted by molar-refractivity contribution is 0.102. The number of hydrogen-bond acceptors (Lipinski definition) is 5. The number of benzene rings is 1. The summed E-state index contributed by atoms with van der Waals surface area (Å²) in [6, 6.07) is 3.40. The van der Waals surface area contributed by atoms with Crippen molar-refractivity contribution < 1.29 is 14.3 Å². The number of rotatable bonds is 3. The summed E-state index contributed by atoms with van der Waals surface area (Å²) in [5.74, 6) is 0.762. The van der Waals surface area contributed by atoms with Crippen LogP contribution in [0.25, 0.3) is 0 Å². The minimum absolute atomic E-state index is 0.140. The lowest BCUT2D eigenvalue weighted by Crippen LogP contribution is -2.13. The Kier molecular flexibility index (Phi) is 3.17. The van der Waals surface area contributed by atoms with E-state index >= 15 is 0 Å². The molecule has 1 aromatic carbocycles. The molecule has 1 aliphatic rings. The molecule has 0 aliphatic carbocycles. The summed E-state index contributed by atoms with van der Waals surface area (Å²) in [5, 5.41) is 6.94. The van der Waals surface area contributed by atoms with Gasteiger partial charge in [0.05, 0.1) is 17.4 Å². The Morgan fingerprint density at radius 2 is 2.10 bits per heavy atom. The van der Waals surface area contributed by atoms with Crippen molar-refractivity contribution in [2.45, 2.75) is 19.9 Å². The van der Waals surface area contributed by atoms with Gasteiger partial charge in [-0.2, -0.15) is 5.10 Å². The molecule has 7 heteroatoms. The van der Waals surface area contributed by atoms with Gasteiger partial charge in [-0.05, 0) is 19.9 Å². The van der Waals surface area contributed by atoms with E-state index in [0.717, 1.165) is 0 Å². The molecule has 7 nitrogen and oxygen atoms in total. The molecule has 0 spiro atoms. The van der Waals surface area contributed by atoms with Crippen LogP contribution in [-0.2, 0) is 0 Å². The first-order valence-electron chi connectivity index (χ1n) is 6.59. The fourth-order valence-corrected chi connectivity index (χ4v) is 2.04. The molecule has 1 aliphatic heterocycles. The average Bonchev–Trinajstić information content (AvgIpc) is 3.05. The average molecular weight is 288 g/mol. The van der Waals surface area contributed by atoms with Gasteiger partial charge in [0.1, 0.15) is 0 Å². The number of nitrogens with one attached hydrogen (secondary N) is 1. The molecule has 1 aromatic heterocycles. The Balaban J connectivity index is 1.82. The minimum atomic E-state index is -0.311. The fourth-order valence-electron chi connectivity index (χ4n) is 2.04. The Hall–Kier alpha value is -2.70. The van der Waals surface area contributed by atoms with Gasteiger partial charge in [0, 0.05) is 24.0 Å². The molecular formula is C14H16N4O3. The van der Waals surface area contributed by atoms with Crippen LogP contribution in [0.15, 0.2) is 24.5 Å². The molecule has 0 saturated carbocycles. The molecule has 0 saturated heterocycles. The van der Waals surface area contributed by atoms with Crippen LogP contribution in [-0.4, -0.2) is 22.5 Å². The first-order chi connectivity index (χ1) is 10.0. The number of nitrogens with zero attached hydrogens (tertiary/aromatic N) is 2. The van der Waals surface area contributed by atoms with Crippen molar-refractivity contribution in [3.8, 4) is 11.5 Å². The molecule has 110 valence electrons. The topological polar surface area (TPSA) is 91.4 Å². The maximum atomic E-state index is 12.3. The Morgan fingerprint density at radius 3 is 2.76 bits per heavy atom. The number of amides is 1. The number of ether oxygens (including phenoxy) is 2. The van der Waals surface area contributed by atoms with Crippen molar-refractivity contribution in [1.82, 2.24) is 9.78 Å². The second-order valence-electron chi connectivity index (χ2n) is 5.05. The number of anilines is 2. The molecule has 0 unspecified atom stereocenters. The highest BCUT2D eigenvalue weighted by Crippen LogP contribution is 2.36. The van der Waals surface area contributed by atoms with Crippen molar-refractivity contribution in [1.29, 1.82) is 0 Å². The van der Waals surface area contributed by atoms with E-state index in [1.54, 1.807) is 29.2 Å². The molecule has 3 rings (SSSR count). The number of carbonyl (C=O) groups excluding carboxylic acids is 1. The van der Waals surface area contributed by atoms with E-state index in [9.17, 15) is 4.79 Å². The highest BCUT2D eigenvalue weighted by atomic mass is 16.7. The molecule has 0 atom stereocenters. The molecule has 1 amide bonds. The Bertz CT molecular complexity index is 694. The van der Waals surface area contributed by atoms with Gasteiger partial charge in [-0.15, -0.1) is 0 Å². The molecular weight excluding hydrogens is 272 g/mol. The second-order valence-corrected chi connectivity index (χ2v) is 5.05. The molecule has 0 bridgehead atoms. The highest BCUT2D eigenvalue weighted by Gasteiger charge is 2.20. The third-order valence-electron chi connectivity index (χ3n) is 3.18. The maximum Gasteiger partial charge on any atom is 0.257 e. The summed E-state index contributed by atoms with van der Waals surface area (Å²) < 4.78 is 12.2. The Labute approximate surface area is 121 Å².